The zero-order chi connectivity index (χ0) is 19.1. The predicted molar refractivity (Wildman–Crippen MR) is 104 cm³/mol. The van der Waals surface area contributed by atoms with Crippen molar-refractivity contribution in [3.05, 3.63) is 48.3 Å². The maximum absolute atomic E-state index is 4.54. The molecule has 0 amide bonds. The zero-order valence-corrected chi connectivity index (χ0v) is 15.8. The molecule has 10 nitrogen and oxygen atoms in total. The van der Waals surface area contributed by atoms with Crippen molar-refractivity contribution in [2.24, 2.45) is 0 Å². The highest BCUT2D eigenvalue weighted by Crippen LogP contribution is 2.21. The summed E-state index contributed by atoms with van der Waals surface area (Å²) in [6.45, 7) is 7.23. The Balaban J connectivity index is 1.30. The predicted octanol–water partition coefficient (Wildman–Crippen LogP) is 1.04. The Bertz CT molecular complexity index is 1110. The Morgan fingerprint density at radius 2 is 1.54 bits per heavy atom. The number of piperazine rings is 1. The SMILES string of the molecule is Cc1ccn(-c2ccc(N3CCN(c4nccn5c(C)nnc45)CC3)nn2)n1. The summed E-state index contributed by atoms with van der Waals surface area (Å²) in [6.07, 6.45) is 5.58. The van der Waals surface area contributed by atoms with Crippen molar-refractivity contribution in [2.45, 2.75) is 13.8 Å². The molecule has 0 saturated carbocycles. The molecule has 0 atom stereocenters. The molecule has 1 saturated heterocycles. The van der Waals surface area contributed by atoms with Gasteiger partial charge in [0.2, 0.25) is 5.65 Å². The van der Waals surface area contributed by atoms with Crippen LogP contribution in [0.4, 0.5) is 11.6 Å². The summed E-state index contributed by atoms with van der Waals surface area (Å²) in [5, 5.41) is 21.5. The van der Waals surface area contributed by atoms with Gasteiger partial charge in [0.15, 0.2) is 17.5 Å². The minimum Gasteiger partial charge on any atom is -0.352 e. The minimum absolute atomic E-state index is 0.716. The summed E-state index contributed by atoms with van der Waals surface area (Å²) in [6, 6.07) is 5.89. The highest BCUT2D eigenvalue weighted by atomic mass is 15.4. The topological polar surface area (TPSA) is 93.2 Å². The molecule has 1 aliphatic rings. The van der Waals surface area contributed by atoms with Crippen LogP contribution >= 0.6 is 0 Å². The van der Waals surface area contributed by atoms with Crippen molar-refractivity contribution in [1.82, 2.24) is 39.6 Å². The molecule has 0 N–H and O–H groups in total. The van der Waals surface area contributed by atoms with Gasteiger partial charge in [0.05, 0.1) is 5.69 Å². The van der Waals surface area contributed by atoms with Crippen molar-refractivity contribution in [3.63, 3.8) is 0 Å². The molecule has 5 rings (SSSR count). The van der Waals surface area contributed by atoms with Gasteiger partial charge < -0.3 is 9.80 Å². The quantitative estimate of drug-likeness (QED) is 0.524. The Kier molecular flexibility index (Phi) is 3.89. The number of rotatable bonds is 3. The van der Waals surface area contributed by atoms with Crippen LogP contribution in [0.15, 0.2) is 36.8 Å². The summed E-state index contributed by atoms with van der Waals surface area (Å²) in [7, 11) is 0. The average molecular weight is 376 g/mol. The van der Waals surface area contributed by atoms with Crippen LogP contribution in [0.3, 0.4) is 0 Å². The largest absolute Gasteiger partial charge is 0.352 e. The van der Waals surface area contributed by atoms with E-state index in [2.05, 4.69) is 40.3 Å². The van der Waals surface area contributed by atoms with Crippen LogP contribution in [0, 0.1) is 13.8 Å². The van der Waals surface area contributed by atoms with Crippen LogP contribution in [0.2, 0.25) is 0 Å². The molecule has 0 bridgehead atoms. The van der Waals surface area contributed by atoms with E-state index in [9.17, 15) is 0 Å². The molecule has 28 heavy (non-hydrogen) atoms. The van der Waals surface area contributed by atoms with E-state index >= 15 is 0 Å². The Morgan fingerprint density at radius 3 is 2.25 bits per heavy atom. The fourth-order valence-corrected chi connectivity index (χ4v) is 3.45. The number of anilines is 2. The van der Waals surface area contributed by atoms with Crippen LogP contribution in [0.5, 0.6) is 0 Å². The lowest BCUT2D eigenvalue weighted by atomic mass is 10.3. The summed E-state index contributed by atoms with van der Waals surface area (Å²) in [5.74, 6) is 3.32. The van der Waals surface area contributed by atoms with E-state index in [0.29, 0.717) is 5.82 Å². The number of hydrogen-bond acceptors (Lipinski definition) is 8. The second kappa shape index (κ2) is 6.55. The molecule has 4 aromatic heterocycles. The van der Waals surface area contributed by atoms with E-state index in [1.165, 1.54) is 0 Å². The number of hydrogen-bond donors (Lipinski definition) is 0. The second-order valence-electron chi connectivity index (χ2n) is 6.82. The maximum Gasteiger partial charge on any atom is 0.203 e. The van der Waals surface area contributed by atoms with Crippen molar-refractivity contribution < 1.29 is 0 Å². The van der Waals surface area contributed by atoms with E-state index in [0.717, 1.165) is 55.0 Å². The van der Waals surface area contributed by atoms with Gasteiger partial charge in [-0.3, -0.25) is 4.40 Å². The van der Waals surface area contributed by atoms with Gasteiger partial charge in [-0.15, -0.1) is 20.4 Å². The number of nitrogens with zero attached hydrogens (tertiary/aromatic N) is 10. The smallest absolute Gasteiger partial charge is 0.203 e. The number of aromatic nitrogens is 8. The summed E-state index contributed by atoms with van der Waals surface area (Å²) >= 11 is 0. The maximum atomic E-state index is 4.54. The van der Waals surface area contributed by atoms with Gasteiger partial charge in [0.1, 0.15) is 5.82 Å². The van der Waals surface area contributed by atoms with Gasteiger partial charge in [-0.05, 0) is 32.0 Å². The number of aryl methyl sites for hydroxylation is 2. The molecule has 1 aliphatic heterocycles. The van der Waals surface area contributed by atoms with E-state index in [1.807, 2.05) is 48.8 Å². The Labute approximate surface area is 161 Å². The lowest BCUT2D eigenvalue weighted by Gasteiger charge is -2.35. The van der Waals surface area contributed by atoms with E-state index in [1.54, 1.807) is 10.9 Å². The second-order valence-corrected chi connectivity index (χ2v) is 6.82. The van der Waals surface area contributed by atoms with Gasteiger partial charge >= 0.3 is 0 Å². The Hall–Kier alpha value is -3.56. The first kappa shape index (κ1) is 16.6. The Morgan fingerprint density at radius 1 is 0.786 bits per heavy atom. The molecule has 10 heteroatoms. The van der Waals surface area contributed by atoms with Gasteiger partial charge in [0.25, 0.3) is 0 Å². The van der Waals surface area contributed by atoms with E-state index < -0.39 is 0 Å². The van der Waals surface area contributed by atoms with E-state index in [-0.39, 0.29) is 0 Å². The molecule has 4 aromatic rings. The van der Waals surface area contributed by atoms with Crippen LogP contribution in [0.1, 0.15) is 11.5 Å². The first-order valence-electron chi connectivity index (χ1n) is 9.22. The average Bonchev–Trinajstić information content (AvgIpc) is 3.34. The molecular weight excluding hydrogens is 356 g/mol. The van der Waals surface area contributed by atoms with Crippen molar-refractivity contribution >= 4 is 17.3 Å². The first-order valence-corrected chi connectivity index (χ1v) is 9.22. The van der Waals surface area contributed by atoms with Gasteiger partial charge in [-0.2, -0.15) is 5.10 Å². The van der Waals surface area contributed by atoms with Crippen LogP contribution in [-0.4, -0.2) is 65.7 Å². The third-order valence-corrected chi connectivity index (χ3v) is 4.98. The highest BCUT2D eigenvalue weighted by Gasteiger charge is 2.22. The lowest BCUT2D eigenvalue weighted by molar-refractivity contribution is 0.637. The van der Waals surface area contributed by atoms with Crippen LogP contribution < -0.4 is 9.80 Å². The monoisotopic (exact) mass is 376 g/mol. The molecule has 0 spiro atoms. The number of fused-ring (bicyclic) bond motifs is 1. The highest BCUT2D eigenvalue weighted by molar-refractivity contribution is 5.64. The summed E-state index contributed by atoms with van der Waals surface area (Å²) < 4.78 is 3.70. The molecule has 0 unspecified atom stereocenters. The summed E-state index contributed by atoms with van der Waals surface area (Å²) in [5.41, 5.74) is 1.75. The van der Waals surface area contributed by atoms with Crippen molar-refractivity contribution in [2.75, 3.05) is 36.0 Å². The zero-order valence-electron chi connectivity index (χ0n) is 15.8. The van der Waals surface area contributed by atoms with Crippen molar-refractivity contribution in [3.8, 4) is 5.82 Å². The van der Waals surface area contributed by atoms with Gasteiger partial charge in [-0.25, -0.2) is 9.67 Å². The fraction of sp³-hybridized carbons (Fsp3) is 0.333. The molecule has 0 radical (unpaired) electrons. The molecular formula is C18H20N10. The summed E-state index contributed by atoms with van der Waals surface area (Å²) in [4.78, 5) is 9.01. The van der Waals surface area contributed by atoms with Gasteiger partial charge in [0, 0.05) is 44.8 Å². The minimum atomic E-state index is 0.716. The molecule has 0 aromatic carbocycles. The van der Waals surface area contributed by atoms with Gasteiger partial charge in [-0.1, -0.05) is 0 Å². The lowest BCUT2D eigenvalue weighted by Crippen LogP contribution is -2.47. The molecule has 1 fully saturated rings. The van der Waals surface area contributed by atoms with E-state index in [4.69, 9.17) is 0 Å². The van der Waals surface area contributed by atoms with Crippen LogP contribution in [0.25, 0.3) is 11.5 Å². The first-order chi connectivity index (χ1) is 13.7. The van der Waals surface area contributed by atoms with Crippen molar-refractivity contribution in [1.29, 1.82) is 0 Å². The third-order valence-electron chi connectivity index (χ3n) is 4.98. The fourth-order valence-electron chi connectivity index (χ4n) is 3.45. The molecule has 5 heterocycles. The standard InChI is InChI=1S/C18H20N10/c1-13-5-7-28(24-13)16-4-3-15(21-22-16)25-9-11-26(12-10-25)17-18-23-20-14(2)27(18)8-6-19-17/h3-8H,9-12H2,1-2H3. The molecule has 142 valence electrons. The van der Waals surface area contributed by atoms with Crippen LogP contribution in [-0.2, 0) is 0 Å². The normalized spacial score (nSPS) is 14.8. The third kappa shape index (κ3) is 2.82. The molecule has 0 aliphatic carbocycles.